The predicted molar refractivity (Wildman–Crippen MR) is 35.1 cm³/mol. The number of rotatable bonds is 2. The first kappa shape index (κ1) is 7.88. The van der Waals surface area contributed by atoms with Crippen molar-refractivity contribution in [3.05, 3.63) is 0 Å². The second kappa shape index (κ2) is 2.44. The van der Waals surface area contributed by atoms with Crippen LogP contribution in [0.2, 0.25) is 0 Å². The minimum Gasteiger partial charge on any atom is -0.301 e. The Kier molecular flexibility index (Phi) is 2.40. The summed E-state index contributed by atoms with van der Waals surface area (Å²) in [5.74, 6) is -0.625. The van der Waals surface area contributed by atoms with Crippen LogP contribution in [0.3, 0.4) is 0 Å². The minimum absolute atomic E-state index is 0.625. The van der Waals surface area contributed by atoms with E-state index in [0.717, 1.165) is 6.42 Å². The van der Waals surface area contributed by atoms with Crippen LogP contribution in [0.4, 0.5) is 0 Å². The highest BCUT2D eigenvalue weighted by atomic mass is 15.3. The zero-order chi connectivity index (χ0) is 6.78. The monoisotopic (exact) mass is 117 g/mol. The molecule has 8 heavy (non-hydrogen) atoms. The average molecular weight is 117 g/mol. The van der Waals surface area contributed by atoms with Gasteiger partial charge in [-0.2, -0.15) is 0 Å². The molecule has 0 amide bonds. The van der Waals surface area contributed by atoms with Crippen molar-refractivity contribution >= 4 is 0 Å². The lowest BCUT2D eigenvalue weighted by Gasteiger charge is -2.30. The Morgan fingerprint density at radius 3 is 1.75 bits per heavy atom. The maximum absolute atomic E-state index is 5.56. The molecule has 0 aliphatic rings. The Morgan fingerprint density at radius 1 is 1.38 bits per heavy atom. The van der Waals surface area contributed by atoms with Gasteiger partial charge in [-0.1, -0.05) is 6.92 Å². The van der Waals surface area contributed by atoms with Gasteiger partial charge in [0.05, 0.1) is 0 Å². The van der Waals surface area contributed by atoms with E-state index in [1.54, 1.807) is 4.90 Å². The Balaban J connectivity index is 3.71. The SMILES string of the molecule is CCC(N)(N)N(C)C. The molecule has 0 radical (unpaired) electrons. The minimum atomic E-state index is -0.625. The Bertz CT molecular complexity index is 68.1. The molecule has 0 saturated heterocycles. The topological polar surface area (TPSA) is 55.3 Å². The molecule has 0 rings (SSSR count). The molecule has 0 aromatic carbocycles. The summed E-state index contributed by atoms with van der Waals surface area (Å²) in [6, 6.07) is 0. The van der Waals surface area contributed by atoms with Crippen molar-refractivity contribution in [1.29, 1.82) is 0 Å². The van der Waals surface area contributed by atoms with Gasteiger partial charge in [-0.25, -0.2) is 0 Å². The summed E-state index contributed by atoms with van der Waals surface area (Å²) in [5.41, 5.74) is 11.1. The lowest BCUT2D eigenvalue weighted by atomic mass is 10.3. The second-order valence-corrected chi connectivity index (χ2v) is 2.24. The summed E-state index contributed by atoms with van der Waals surface area (Å²) < 4.78 is 0. The second-order valence-electron chi connectivity index (χ2n) is 2.24. The first-order chi connectivity index (χ1) is 3.50. The normalized spacial score (nSPS) is 12.8. The maximum atomic E-state index is 5.56. The fourth-order valence-electron chi connectivity index (χ4n) is 0.316. The molecule has 0 aliphatic heterocycles. The molecule has 0 aliphatic carbocycles. The van der Waals surface area contributed by atoms with E-state index in [-0.39, 0.29) is 0 Å². The van der Waals surface area contributed by atoms with Crippen LogP contribution < -0.4 is 11.5 Å². The summed E-state index contributed by atoms with van der Waals surface area (Å²) in [6.45, 7) is 1.96. The summed E-state index contributed by atoms with van der Waals surface area (Å²) in [5, 5.41) is 0. The molecular weight excluding hydrogens is 102 g/mol. The maximum Gasteiger partial charge on any atom is 0.120 e. The Labute approximate surface area is 50.6 Å². The van der Waals surface area contributed by atoms with Gasteiger partial charge in [-0.15, -0.1) is 0 Å². The van der Waals surface area contributed by atoms with Crippen LogP contribution in [0.15, 0.2) is 0 Å². The van der Waals surface area contributed by atoms with Crippen molar-refractivity contribution in [1.82, 2.24) is 4.90 Å². The molecule has 3 heteroatoms. The molecule has 4 N–H and O–H groups in total. The molecule has 0 spiro atoms. The van der Waals surface area contributed by atoms with Gasteiger partial charge in [-0.05, 0) is 20.5 Å². The Hall–Kier alpha value is -0.120. The lowest BCUT2D eigenvalue weighted by molar-refractivity contribution is 0.160. The van der Waals surface area contributed by atoms with Crippen LogP contribution in [0.5, 0.6) is 0 Å². The molecular formula is C5H15N3. The highest BCUT2D eigenvalue weighted by Crippen LogP contribution is 1.98. The van der Waals surface area contributed by atoms with Crippen LogP contribution in [-0.2, 0) is 0 Å². The van der Waals surface area contributed by atoms with Crippen LogP contribution in [0.25, 0.3) is 0 Å². The van der Waals surface area contributed by atoms with E-state index in [2.05, 4.69) is 0 Å². The van der Waals surface area contributed by atoms with Gasteiger partial charge in [0.1, 0.15) is 5.79 Å². The average Bonchev–Trinajstić information content (AvgIpc) is 1.67. The van der Waals surface area contributed by atoms with Crippen LogP contribution >= 0.6 is 0 Å². The van der Waals surface area contributed by atoms with Crippen LogP contribution in [0, 0.1) is 0 Å². The van der Waals surface area contributed by atoms with Crippen molar-refractivity contribution in [2.45, 2.75) is 19.1 Å². The van der Waals surface area contributed by atoms with Crippen molar-refractivity contribution in [2.24, 2.45) is 11.5 Å². The quantitative estimate of drug-likeness (QED) is 0.481. The molecule has 0 aromatic heterocycles. The molecule has 50 valence electrons. The third-order valence-electron chi connectivity index (χ3n) is 1.40. The van der Waals surface area contributed by atoms with E-state index in [1.165, 1.54) is 0 Å². The van der Waals surface area contributed by atoms with Gasteiger partial charge in [0.25, 0.3) is 0 Å². The number of nitrogens with two attached hydrogens (primary N) is 2. The van der Waals surface area contributed by atoms with Crippen molar-refractivity contribution < 1.29 is 0 Å². The van der Waals surface area contributed by atoms with E-state index < -0.39 is 5.79 Å². The summed E-state index contributed by atoms with van der Waals surface area (Å²) in [6.07, 6.45) is 0.764. The van der Waals surface area contributed by atoms with Gasteiger partial charge in [-0.3, -0.25) is 4.90 Å². The Morgan fingerprint density at radius 2 is 1.75 bits per heavy atom. The fraction of sp³-hybridized carbons (Fsp3) is 1.00. The van der Waals surface area contributed by atoms with Gasteiger partial charge in [0.15, 0.2) is 0 Å². The first-order valence-corrected chi connectivity index (χ1v) is 2.76. The lowest BCUT2D eigenvalue weighted by Crippen LogP contribution is -2.59. The highest BCUT2D eigenvalue weighted by molar-refractivity contribution is 4.69. The molecule has 0 unspecified atom stereocenters. The van der Waals surface area contributed by atoms with E-state index in [0.29, 0.717) is 0 Å². The van der Waals surface area contributed by atoms with Crippen molar-refractivity contribution in [2.75, 3.05) is 14.1 Å². The molecule has 3 nitrogen and oxygen atoms in total. The van der Waals surface area contributed by atoms with E-state index in [1.807, 2.05) is 21.0 Å². The third kappa shape index (κ3) is 1.78. The molecule has 0 heterocycles. The van der Waals surface area contributed by atoms with E-state index in [4.69, 9.17) is 11.5 Å². The molecule has 0 fully saturated rings. The molecule has 0 saturated carbocycles. The predicted octanol–water partition coefficient (Wildman–Crippen LogP) is -0.471. The standard InChI is InChI=1S/C5H15N3/c1-4-5(6,7)8(2)3/h4,6-7H2,1-3H3. The van der Waals surface area contributed by atoms with Gasteiger partial charge >= 0.3 is 0 Å². The van der Waals surface area contributed by atoms with Crippen LogP contribution in [0.1, 0.15) is 13.3 Å². The smallest absolute Gasteiger partial charge is 0.120 e. The highest BCUT2D eigenvalue weighted by Gasteiger charge is 2.17. The third-order valence-corrected chi connectivity index (χ3v) is 1.40. The van der Waals surface area contributed by atoms with Gasteiger partial charge < -0.3 is 11.5 Å². The summed E-state index contributed by atoms with van der Waals surface area (Å²) in [7, 11) is 3.73. The van der Waals surface area contributed by atoms with Gasteiger partial charge in [0, 0.05) is 0 Å². The number of hydrogen-bond acceptors (Lipinski definition) is 3. The number of hydrogen-bond donors (Lipinski definition) is 2. The van der Waals surface area contributed by atoms with E-state index in [9.17, 15) is 0 Å². The zero-order valence-electron chi connectivity index (χ0n) is 5.81. The number of nitrogens with zero attached hydrogens (tertiary/aromatic N) is 1. The molecule has 0 bridgehead atoms. The first-order valence-electron chi connectivity index (χ1n) is 2.76. The summed E-state index contributed by atoms with van der Waals surface area (Å²) in [4.78, 5) is 1.80. The molecule has 0 atom stereocenters. The van der Waals surface area contributed by atoms with Crippen LogP contribution in [-0.4, -0.2) is 24.8 Å². The largest absolute Gasteiger partial charge is 0.301 e. The van der Waals surface area contributed by atoms with Crippen molar-refractivity contribution in [3.8, 4) is 0 Å². The zero-order valence-corrected chi connectivity index (χ0v) is 5.81. The summed E-state index contributed by atoms with van der Waals surface area (Å²) >= 11 is 0. The fourth-order valence-corrected chi connectivity index (χ4v) is 0.316. The van der Waals surface area contributed by atoms with E-state index >= 15 is 0 Å². The van der Waals surface area contributed by atoms with Gasteiger partial charge in [0.2, 0.25) is 0 Å². The van der Waals surface area contributed by atoms with Crippen molar-refractivity contribution in [3.63, 3.8) is 0 Å². The molecule has 0 aromatic rings.